The number of allylic oxidation sites excluding steroid dienone is 14. The van der Waals surface area contributed by atoms with E-state index in [4.69, 9.17) is 0 Å². The molecule has 4 heteroatoms. The quantitative estimate of drug-likeness (QED) is 0.717. The van der Waals surface area contributed by atoms with Crippen LogP contribution in [-0.4, -0.2) is 10.9 Å². The number of carbonyl (C=O) groups is 1. The Morgan fingerprint density at radius 3 is 2.43 bits per heavy atom. The lowest BCUT2D eigenvalue weighted by atomic mass is 10.0. The number of pyridine rings is 1. The van der Waals surface area contributed by atoms with Gasteiger partial charge in [-0.25, -0.2) is 0 Å². The molecule has 1 amide bonds. The first kappa shape index (κ1) is 17.9. The molecule has 4 rings (SSSR count). The van der Waals surface area contributed by atoms with E-state index in [1.54, 1.807) is 29.7 Å². The van der Waals surface area contributed by atoms with E-state index in [0.29, 0.717) is 11.3 Å². The molecule has 2 aliphatic rings. The summed E-state index contributed by atoms with van der Waals surface area (Å²) in [6.45, 7) is 0. The minimum Gasteiger partial charge on any atom is -0.320 e. The zero-order valence-corrected chi connectivity index (χ0v) is 15.9. The molecular weight excluding hydrogens is 364 g/mol. The maximum absolute atomic E-state index is 12.9. The summed E-state index contributed by atoms with van der Waals surface area (Å²) in [5.74, 6) is -0.166. The summed E-state index contributed by atoms with van der Waals surface area (Å²) in [6.07, 6.45) is 28.8. The fourth-order valence-corrected chi connectivity index (χ4v) is 3.86. The molecule has 2 aliphatic carbocycles. The number of anilines is 1. The highest BCUT2D eigenvalue weighted by Gasteiger charge is 2.16. The molecule has 0 saturated heterocycles. The smallest absolute Gasteiger partial charge is 0.255 e. The van der Waals surface area contributed by atoms with Gasteiger partial charge in [0.25, 0.3) is 5.91 Å². The van der Waals surface area contributed by atoms with E-state index >= 15 is 0 Å². The lowest BCUT2D eigenvalue weighted by Crippen LogP contribution is -2.15. The first-order valence-electron chi connectivity index (χ1n) is 8.94. The summed E-state index contributed by atoms with van der Waals surface area (Å²) in [7, 11) is 0. The summed E-state index contributed by atoms with van der Waals surface area (Å²) in [4.78, 5) is 17.4. The lowest BCUT2D eigenvalue weighted by Gasteiger charge is -2.13. The van der Waals surface area contributed by atoms with E-state index in [1.165, 1.54) is 0 Å². The van der Waals surface area contributed by atoms with Crippen LogP contribution in [0.2, 0.25) is 0 Å². The molecule has 0 aromatic carbocycles. The Hall–Kier alpha value is -3.50. The number of hydrogen-bond donors (Lipinski definition) is 1. The van der Waals surface area contributed by atoms with E-state index < -0.39 is 0 Å². The molecule has 2 aromatic heterocycles. The molecule has 0 aliphatic heterocycles. The number of nitrogens with zero attached hydrogens (tertiary/aromatic N) is 1. The van der Waals surface area contributed by atoms with Crippen molar-refractivity contribution in [2.75, 3.05) is 5.32 Å². The van der Waals surface area contributed by atoms with Crippen LogP contribution in [0.5, 0.6) is 0 Å². The average molecular weight is 382 g/mol. The van der Waals surface area contributed by atoms with Gasteiger partial charge >= 0.3 is 0 Å². The average Bonchev–Trinajstić information content (AvgIpc) is 3.10. The second-order valence-electron chi connectivity index (χ2n) is 6.14. The Morgan fingerprint density at radius 2 is 1.57 bits per heavy atom. The molecule has 1 N–H and O–H groups in total. The fourth-order valence-electron chi connectivity index (χ4n) is 2.94. The van der Waals surface area contributed by atoms with E-state index in [-0.39, 0.29) is 5.91 Å². The second-order valence-corrected chi connectivity index (χ2v) is 7.05. The van der Waals surface area contributed by atoms with Crippen molar-refractivity contribution >= 4 is 38.7 Å². The first-order valence-corrected chi connectivity index (χ1v) is 9.82. The predicted octanol–water partition coefficient (Wildman–Crippen LogP) is 5.91. The molecule has 0 fully saturated rings. The van der Waals surface area contributed by atoms with Crippen molar-refractivity contribution in [2.45, 2.75) is 0 Å². The van der Waals surface area contributed by atoms with Crippen molar-refractivity contribution in [3.63, 3.8) is 0 Å². The van der Waals surface area contributed by atoms with Crippen LogP contribution >= 0.6 is 11.3 Å². The predicted molar refractivity (Wildman–Crippen MR) is 119 cm³/mol. The molecule has 0 spiro atoms. The fraction of sp³-hybridized carbons (Fsp3) is 0. The van der Waals surface area contributed by atoms with Crippen LogP contribution in [-0.2, 0) is 4.79 Å². The van der Waals surface area contributed by atoms with E-state index in [1.807, 2.05) is 84.4 Å². The molecule has 28 heavy (non-hydrogen) atoms. The van der Waals surface area contributed by atoms with Crippen molar-refractivity contribution in [3.05, 3.63) is 114 Å². The Balaban J connectivity index is 1.76. The third-order valence-electron chi connectivity index (χ3n) is 4.26. The number of fused-ring (bicyclic) bond motifs is 1. The van der Waals surface area contributed by atoms with Gasteiger partial charge in [-0.3, -0.25) is 9.78 Å². The van der Waals surface area contributed by atoms with Crippen molar-refractivity contribution in [1.29, 1.82) is 0 Å². The summed E-state index contributed by atoms with van der Waals surface area (Å²) < 4.78 is 1.05. The normalized spacial score (nSPS) is 20.1. The van der Waals surface area contributed by atoms with Gasteiger partial charge in [0.2, 0.25) is 0 Å². The van der Waals surface area contributed by atoms with E-state index in [9.17, 15) is 4.79 Å². The number of carbonyl (C=O) groups excluding carboxylic acids is 1. The number of amides is 1. The molecule has 0 radical (unpaired) electrons. The van der Waals surface area contributed by atoms with Gasteiger partial charge in [0.1, 0.15) is 0 Å². The number of hydrogen-bond acceptors (Lipinski definition) is 3. The van der Waals surface area contributed by atoms with Gasteiger partial charge in [-0.2, -0.15) is 0 Å². The van der Waals surface area contributed by atoms with Crippen LogP contribution in [0, 0.1) is 0 Å². The van der Waals surface area contributed by atoms with Crippen LogP contribution in [0.25, 0.3) is 15.8 Å². The Labute approximate surface area is 167 Å². The molecule has 0 unspecified atom stereocenters. The van der Waals surface area contributed by atoms with Crippen LogP contribution in [0.3, 0.4) is 0 Å². The van der Waals surface area contributed by atoms with Gasteiger partial charge in [0.15, 0.2) is 0 Å². The third kappa shape index (κ3) is 3.92. The van der Waals surface area contributed by atoms with Crippen LogP contribution < -0.4 is 5.32 Å². The van der Waals surface area contributed by atoms with Crippen LogP contribution in [0.4, 0.5) is 5.69 Å². The molecule has 2 heterocycles. The van der Waals surface area contributed by atoms with E-state index in [0.717, 1.165) is 21.4 Å². The molecule has 136 valence electrons. The van der Waals surface area contributed by atoms with Gasteiger partial charge in [-0.05, 0) is 29.2 Å². The maximum atomic E-state index is 12.9. The number of nitrogens with one attached hydrogen (secondary N) is 1. The van der Waals surface area contributed by atoms with Crippen LogP contribution in [0.1, 0.15) is 5.56 Å². The molecule has 0 atom stereocenters. The Morgan fingerprint density at radius 1 is 0.857 bits per heavy atom. The standard InChI is InChI=1S/C24H18N2OS/c27-24(19-13-9-5-2-6-10-14-19)26-21-17-25-20-15-16-28-23(20)22(21)18-11-7-3-1-4-8-12-18/h1-17H,(H,26,27)/b3-1-,4-1?,5-2-,6-2?,7-3?,8-4-,9-5?,10-6-,11-7?,12-8?,13-9?,14-10?,18-11?,18-12?,19-13?,19-14?. The minimum absolute atomic E-state index is 0.166. The van der Waals surface area contributed by atoms with Gasteiger partial charge in [0, 0.05) is 11.1 Å². The number of rotatable bonds is 3. The summed E-state index contributed by atoms with van der Waals surface area (Å²) in [6, 6.07) is 2.00. The third-order valence-corrected chi connectivity index (χ3v) is 5.19. The zero-order chi connectivity index (χ0) is 19.2. The SMILES string of the molecule is O=C(Nc1cnc2ccsc2c1C1=C/C=C\C=C/C=C1)C1=C/C=C\C=C/C=C1. The molecule has 3 nitrogen and oxygen atoms in total. The number of thiophene rings is 1. The van der Waals surface area contributed by atoms with Crippen LogP contribution in [0.15, 0.2) is 108 Å². The molecule has 0 bridgehead atoms. The lowest BCUT2D eigenvalue weighted by molar-refractivity contribution is -0.112. The summed E-state index contributed by atoms with van der Waals surface area (Å²) in [5.41, 5.74) is 4.21. The van der Waals surface area contributed by atoms with Gasteiger partial charge in [0.05, 0.1) is 22.1 Å². The maximum Gasteiger partial charge on any atom is 0.255 e. The molecule has 2 aromatic rings. The van der Waals surface area contributed by atoms with Gasteiger partial charge in [-0.15, -0.1) is 11.3 Å². The summed E-state index contributed by atoms with van der Waals surface area (Å²) in [5, 5.41) is 5.08. The minimum atomic E-state index is -0.166. The Kier molecular flexibility index (Phi) is 5.41. The van der Waals surface area contributed by atoms with Crippen molar-refractivity contribution in [2.24, 2.45) is 0 Å². The molecular formula is C24H18N2OS. The zero-order valence-electron chi connectivity index (χ0n) is 15.1. The topological polar surface area (TPSA) is 42.0 Å². The van der Waals surface area contributed by atoms with E-state index in [2.05, 4.69) is 10.3 Å². The monoisotopic (exact) mass is 382 g/mol. The highest BCUT2D eigenvalue weighted by Crippen LogP contribution is 2.35. The molecule has 0 saturated carbocycles. The highest BCUT2D eigenvalue weighted by molar-refractivity contribution is 7.17. The van der Waals surface area contributed by atoms with Crippen molar-refractivity contribution in [1.82, 2.24) is 4.98 Å². The number of aromatic nitrogens is 1. The van der Waals surface area contributed by atoms with Gasteiger partial charge in [-0.1, -0.05) is 72.9 Å². The van der Waals surface area contributed by atoms with Gasteiger partial charge < -0.3 is 5.32 Å². The van der Waals surface area contributed by atoms with Crippen molar-refractivity contribution < 1.29 is 4.79 Å². The van der Waals surface area contributed by atoms with Crippen molar-refractivity contribution in [3.8, 4) is 0 Å². The highest BCUT2D eigenvalue weighted by atomic mass is 32.1. The summed E-state index contributed by atoms with van der Waals surface area (Å²) >= 11 is 1.62. The Bertz CT molecular complexity index is 1150. The largest absolute Gasteiger partial charge is 0.320 e. The first-order chi connectivity index (χ1) is 13.8. The second kappa shape index (κ2) is 8.46.